The zero-order valence-electron chi connectivity index (χ0n) is 16.1. The third kappa shape index (κ3) is 4.21. The molecule has 0 aliphatic carbocycles. The maximum Gasteiger partial charge on any atom is 0.344 e. The molecule has 0 bridgehead atoms. The topological polar surface area (TPSA) is 68.5 Å². The predicted octanol–water partition coefficient (Wildman–Crippen LogP) is 5.44. The Morgan fingerprint density at radius 3 is 2.57 bits per heavy atom. The lowest BCUT2D eigenvalue weighted by Gasteiger charge is -2.11. The zero-order chi connectivity index (χ0) is 21.1. The molecule has 1 amide bonds. The lowest BCUT2D eigenvalue weighted by molar-refractivity contribution is -0.118. The minimum absolute atomic E-state index is 0.127. The summed E-state index contributed by atoms with van der Waals surface area (Å²) in [6.07, 6.45) is 0. The summed E-state index contributed by atoms with van der Waals surface area (Å²) in [5.41, 5.74) is 2.39. The van der Waals surface area contributed by atoms with Gasteiger partial charge in [-0.3, -0.25) is 4.79 Å². The Balaban J connectivity index is 1.51. The fourth-order valence-corrected chi connectivity index (χ4v) is 3.40. The average Bonchev–Trinajstić information content (AvgIpc) is 2.73. The third-order valence-electron chi connectivity index (χ3n) is 4.64. The number of hydrogen-bond donors (Lipinski definition) is 1. The summed E-state index contributed by atoms with van der Waals surface area (Å²) in [5.74, 6) is 0.344. The van der Waals surface area contributed by atoms with Crippen molar-refractivity contribution in [3.05, 3.63) is 93.8 Å². The quantitative estimate of drug-likeness (QED) is 0.437. The highest BCUT2D eigenvalue weighted by molar-refractivity contribution is 6.33. The second-order valence-corrected chi connectivity index (χ2v) is 7.19. The van der Waals surface area contributed by atoms with Crippen LogP contribution in [0.5, 0.6) is 5.75 Å². The summed E-state index contributed by atoms with van der Waals surface area (Å²) in [6, 6.07) is 21.4. The molecule has 5 nitrogen and oxygen atoms in total. The van der Waals surface area contributed by atoms with Gasteiger partial charge in [-0.05, 0) is 42.8 Å². The molecule has 4 aromatic rings. The molecule has 0 aliphatic heterocycles. The second-order valence-electron chi connectivity index (χ2n) is 6.78. The van der Waals surface area contributed by atoms with Gasteiger partial charge in [0.25, 0.3) is 5.91 Å². The highest BCUT2D eigenvalue weighted by atomic mass is 35.5. The molecule has 0 fully saturated rings. The van der Waals surface area contributed by atoms with E-state index in [1.807, 2.05) is 43.3 Å². The van der Waals surface area contributed by atoms with E-state index in [0.717, 1.165) is 10.9 Å². The normalized spacial score (nSPS) is 10.7. The van der Waals surface area contributed by atoms with Crippen LogP contribution in [0.4, 0.5) is 5.69 Å². The Morgan fingerprint density at radius 2 is 1.77 bits per heavy atom. The first-order chi connectivity index (χ1) is 14.5. The Hall–Kier alpha value is -3.57. The van der Waals surface area contributed by atoms with Crippen molar-refractivity contribution in [2.75, 3.05) is 11.9 Å². The van der Waals surface area contributed by atoms with Gasteiger partial charge in [0, 0.05) is 16.6 Å². The summed E-state index contributed by atoms with van der Waals surface area (Å²) >= 11 is 6.40. The lowest BCUT2D eigenvalue weighted by atomic mass is 10.1. The molecule has 6 heteroatoms. The van der Waals surface area contributed by atoms with Crippen LogP contribution in [0.2, 0.25) is 5.02 Å². The molecular weight excluding hydrogens is 402 g/mol. The number of aryl methyl sites for hydroxylation is 1. The molecule has 0 aliphatic rings. The maximum absolute atomic E-state index is 12.4. The van der Waals surface area contributed by atoms with E-state index < -0.39 is 5.63 Å². The first-order valence-electron chi connectivity index (χ1n) is 9.32. The standard InChI is InChI=1S/C24H18ClNO4/c1-15-6-2-4-8-21(15)29-14-23(27)26-17-10-11-18(20(25)13-17)19-12-16-7-3-5-9-22(16)30-24(19)28/h2-13H,14H2,1H3,(H,26,27). The van der Waals surface area contributed by atoms with Crippen LogP contribution in [0.15, 0.2) is 82.0 Å². The summed E-state index contributed by atoms with van der Waals surface area (Å²) < 4.78 is 10.9. The molecule has 0 atom stereocenters. The minimum Gasteiger partial charge on any atom is -0.483 e. The van der Waals surface area contributed by atoms with E-state index in [9.17, 15) is 9.59 Å². The van der Waals surface area contributed by atoms with Crippen molar-refractivity contribution in [1.29, 1.82) is 0 Å². The van der Waals surface area contributed by atoms with E-state index in [2.05, 4.69) is 5.32 Å². The van der Waals surface area contributed by atoms with Crippen LogP contribution in [-0.4, -0.2) is 12.5 Å². The molecule has 30 heavy (non-hydrogen) atoms. The number of hydrogen-bond acceptors (Lipinski definition) is 4. The molecule has 3 aromatic carbocycles. The lowest BCUT2D eigenvalue weighted by Crippen LogP contribution is -2.20. The van der Waals surface area contributed by atoms with Crippen molar-refractivity contribution >= 4 is 34.2 Å². The van der Waals surface area contributed by atoms with Crippen LogP contribution in [0.1, 0.15) is 5.56 Å². The highest BCUT2D eigenvalue weighted by Gasteiger charge is 2.13. The fourth-order valence-electron chi connectivity index (χ4n) is 3.12. The Labute approximate surface area is 177 Å². The number of carbonyl (C=O) groups is 1. The van der Waals surface area contributed by atoms with Gasteiger partial charge in [0.1, 0.15) is 11.3 Å². The SMILES string of the molecule is Cc1ccccc1OCC(=O)Nc1ccc(-c2cc3ccccc3oc2=O)c(Cl)c1. The number of halogens is 1. The van der Waals surface area contributed by atoms with Crippen LogP contribution < -0.4 is 15.7 Å². The van der Waals surface area contributed by atoms with Crippen LogP contribution in [0.3, 0.4) is 0 Å². The van der Waals surface area contributed by atoms with Crippen molar-refractivity contribution in [2.45, 2.75) is 6.92 Å². The van der Waals surface area contributed by atoms with Crippen molar-refractivity contribution in [2.24, 2.45) is 0 Å². The molecule has 150 valence electrons. The number of rotatable bonds is 5. The Morgan fingerprint density at radius 1 is 1.00 bits per heavy atom. The van der Waals surface area contributed by atoms with Gasteiger partial charge < -0.3 is 14.5 Å². The number of fused-ring (bicyclic) bond motifs is 1. The smallest absolute Gasteiger partial charge is 0.344 e. The molecule has 0 unspecified atom stereocenters. The molecule has 0 saturated carbocycles. The van der Waals surface area contributed by atoms with Crippen molar-refractivity contribution in [3.8, 4) is 16.9 Å². The summed E-state index contributed by atoms with van der Waals surface area (Å²) in [4.78, 5) is 24.6. The number of para-hydroxylation sites is 2. The van der Waals surface area contributed by atoms with Gasteiger partial charge in [0.2, 0.25) is 0 Å². The number of ether oxygens (including phenoxy) is 1. The largest absolute Gasteiger partial charge is 0.483 e. The van der Waals surface area contributed by atoms with Gasteiger partial charge in [-0.25, -0.2) is 4.79 Å². The van der Waals surface area contributed by atoms with Gasteiger partial charge >= 0.3 is 5.63 Å². The zero-order valence-corrected chi connectivity index (χ0v) is 16.9. The van der Waals surface area contributed by atoms with E-state index >= 15 is 0 Å². The molecule has 0 saturated heterocycles. The monoisotopic (exact) mass is 419 g/mol. The van der Waals surface area contributed by atoms with Crippen LogP contribution >= 0.6 is 11.6 Å². The first kappa shape index (κ1) is 19.7. The van der Waals surface area contributed by atoms with Crippen LogP contribution in [0.25, 0.3) is 22.1 Å². The van der Waals surface area contributed by atoms with E-state index in [-0.39, 0.29) is 12.5 Å². The summed E-state index contributed by atoms with van der Waals surface area (Å²) in [5, 5.41) is 3.87. The number of carbonyl (C=O) groups excluding carboxylic acids is 1. The van der Waals surface area contributed by atoms with Crippen molar-refractivity contribution < 1.29 is 13.9 Å². The molecular formula is C24H18ClNO4. The van der Waals surface area contributed by atoms with Crippen LogP contribution in [0, 0.1) is 6.92 Å². The molecule has 1 aromatic heterocycles. The number of amides is 1. The van der Waals surface area contributed by atoms with Crippen molar-refractivity contribution in [1.82, 2.24) is 0 Å². The molecule has 0 radical (unpaired) electrons. The number of benzene rings is 3. The Bertz CT molecular complexity index is 1300. The molecule has 1 N–H and O–H groups in total. The van der Waals surface area contributed by atoms with Gasteiger partial charge in [-0.15, -0.1) is 0 Å². The summed E-state index contributed by atoms with van der Waals surface area (Å²) in [7, 11) is 0. The summed E-state index contributed by atoms with van der Waals surface area (Å²) in [6.45, 7) is 1.79. The third-order valence-corrected chi connectivity index (χ3v) is 4.95. The van der Waals surface area contributed by atoms with Gasteiger partial charge in [-0.2, -0.15) is 0 Å². The van der Waals surface area contributed by atoms with Crippen molar-refractivity contribution in [3.63, 3.8) is 0 Å². The highest BCUT2D eigenvalue weighted by Crippen LogP contribution is 2.30. The van der Waals surface area contributed by atoms with E-state index in [0.29, 0.717) is 33.2 Å². The fraction of sp³-hybridized carbons (Fsp3) is 0.0833. The number of anilines is 1. The predicted molar refractivity (Wildman–Crippen MR) is 118 cm³/mol. The molecule has 1 heterocycles. The van der Waals surface area contributed by atoms with E-state index in [1.165, 1.54) is 0 Å². The van der Waals surface area contributed by atoms with Gasteiger partial charge in [0.05, 0.1) is 10.6 Å². The van der Waals surface area contributed by atoms with Crippen LogP contribution in [-0.2, 0) is 4.79 Å². The second kappa shape index (κ2) is 8.43. The van der Waals surface area contributed by atoms with E-state index in [1.54, 1.807) is 36.4 Å². The molecule has 0 spiro atoms. The van der Waals surface area contributed by atoms with Gasteiger partial charge in [-0.1, -0.05) is 54.1 Å². The van der Waals surface area contributed by atoms with Gasteiger partial charge in [0.15, 0.2) is 6.61 Å². The Kier molecular flexibility index (Phi) is 5.55. The maximum atomic E-state index is 12.4. The molecule has 4 rings (SSSR count). The average molecular weight is 420 g/mol. The number of nitrogens with one attached hydrogen (secondary N) is 1. The minimum atomic E-state index is -0.473. The first-order valence-corrected chi connectivity index (χ1v) is 9.70. The van der Waals surface area contributed by atoms with E-state index in [4.69, 9.17) is 20.8 Å².